The van der Waals surface area contributed by atoms with Crippen LogP contribution in [-0.2, 0) is 11.3 Å². The van der Waals surface area contributed by atoms with Crippen LogP contribution in [-0.4, -0.2) is 29.8 Å². The minimum Gasteiger partial charge on any atom is -0.383 e. The molecular formula is C13H12F2N2O2. The quantitative estimate of drug-likeness (QED) is 0.780. The second-order valence-corrected chi connectivity index (χ2v) is 3.96. The van der Waals surface area contributed by atoms with Gasteiger partial charge in [-0.1, -0.05) is 0 Å². The highest BCUT2D eigenvalue weighted by atomic mass is 19.2. The topological polar surface area (TPSA) is 44.1 Å². The van der Waals surface area contributed by atoms with Crippen LogP contribution in [0.15, 0.2) is 24.5 Å². The molecule has 1 aromatic carbocycles. The molecule has 4 nitrogen and oxygen atoms in total. The molecule has 0 bridgehead atoms. The summed E-state index contributed by atoms with van der Waals surface area (Å²) >= 11 is 0. The van der Waals surface area contributed by atoms with Crippen LogP contribution in [0.1, 0.15) is 10.4 Å². The van der Waals surface area contributed by atoms with Gasteiger partial charge < -0.3 is 4.74 Å². The fraction of sp³-hybridized carbons (Fsp3) is 0.231. The molecule has 6 heteroatoms. The van der Waals surface area contributed by atoms with Crippen LogP contribution in [0.25, 0.3) is 11.1 Å². The lowest BCUT2D eigenvalue weighted by atomic mass is 10.0. The zero-order valence-electron chi connectivity index (χ0n) is 10.3. The van der Waals surface area contributed by atoms with Crippen LogP contribution in [0.2, 0.25) is 0 Å². The van der Waals surface area contributed by atoms with E-state index in [1.54, 1.807) is 18.0 Å². The summed E-state index contributed by atoms with van der Waals surface area (Å²) in [7, 11) is 1.57. The Bertz CT molecular complexity index is 596. The van der Waals surface area contributed by atoms with Crippen molar-refractivity contribution < 1.29 is 18.3 Å². The highest BCUT2D eigenvalue weighted by Crippen LogP contribution is 2.24. The highest BCUT2D eigenvalue weighted by molar-refractivity contribution is 5.87. The van der Waals surface area contributed by atoms with Crippen molar-refractivity contribution in [2.75, 3.05) is 13.7 Å². The Morgan fingerprint density at radius 1 is 1.37 bits per heavy atom. The summed E-state index contributed by atoms with van der Waals surface area (Å²) in [5.41, 5.74) is 0.958. The normalized spacial score (nSPS) is 10.7. The van der Waals surface area contributed by atoms with Gasteiger partial charge in [-0.15, -0.1) is 0 Å². The number of nitrogens with zero attached hydrogens (tertiary/aromatic N) is 2. The molecule has 0 radical (unpaired) electrons. The molecule has 0 aliphatic heterocycles. The Morgan fingerprint density at radius 2 is 2.11 bits per heavy atom. The smallest absolute Gasteiger partial charge is 0.159 e. The van der Waals surface area contributed by atoms with Crippen LogP contribution in [0.5, 0.6) is 0 Å². The molecule has 0 spiro atoms. The summed E-state index contributed by atoms with van der Waals surface area (Å²) in [6.07, 6.45) is 3.64. The van der Waals surface area contributed by atoms with E-state index < -0.39 is 11.6 Å². The van der Waals surface area contributed by atoms with Crippen LogP contribution in [0.4, 0.5) is 8.78 Å². The van der Waals surface area contributed by atoms with Crippen molar-refractivity contribution in [3.05, 3.63) is 41.7 Å². The number of carbonyl (C=O) groups excluding carboxylic acids is 1. The molecule has 0 saturated carbocycles. The molecule has 0 fully saturated rings. The second kappa shape index (κ2) is 5.71. The van der Waals surface area contributed by atoms with E-state index in [4.69, 9.17) is 4.74 Å². The average molecular weight is 266 g/mol. The zero-order valence-corrected chi connectivity index (χ0v) is 10.3. The Hall–Kier alpha value is -2.08. The Kier molecular flexibility index (Phi) is 4.01. The van der Waals surface area contributed by atoms with Gasteiger partial charge in [0.1, 0.15) is 0 Å². The third-order valence-corrected chi connectivity index (χ3v) is 2.69. The molecule has 0 aliphatic rings. The van der Waals surface area contributed by atoms with Crippen molar-refractivity contribution in [1.82, 2.24) is 9.78 Å². The molecule has 0 amide bonds. The van der Waals surface area contributed by atoms with Crippen LogP contribution < -0.4 is 0 Å². The third-order valence-electron chi connectivity index (χ3n) is 2.69. The summed E-state index contributed by atoms with van der Waals surface area (Å²) < 4.78 is 32.8. The van der Waals surface area contributed by atoms with Gasteiger partial charge in [0, 0.05) is 24.4 Å². The third kappa shape index (κ3) is 2.85. The highest BCUT2D eigenvalue weighted by Gasteiger charge is 2.12. The fourth-order valence-electron chi connectivity index (χ4n) is 1.72. The van der Waals surface area contributed by atoms with E-state index >= 15 is 0 Å². The number of hydrogen-bond acceptors (Lipinski definition) is 3. The molecule has 2 rings (SSSR count). The van der Waals surface area contributed by atoms with E-state index in [0.717, 1.165) is 12.1 Å². The van der Waals surface area contributed by atoms with Gasteiger partial charge in [0.2, 0.25) is 0 Å². The predicted molar refractivity (Wildman–Crippen MR) is 64.8 cm³/mol. The van der Waals surface area contributed by atoms with Crippen LogP contribution in [0, 0.1) is 11.6 Å². The number of rotatable bonds is 5. The SMILES string of the molecule is COCCn1cc(-c2cc(F)c(F)cc2C=O)cn1. The summed E-state index contributed by atoms with van der Waals surface area (Å²) in [5.74, 6) is -2.04. The van der Waals surface area contributed by atoms with Crippen molar-refractivity contribution >= 4 is 6.29 Å². The number of hydrogen-bond donors (Lipinski definition) is 0. The maximum absolute atomic E-state index is 13.3. The predicted octanol–water partition coefficient (Wildman–Crippen LogP) is 2.29. The standard InChI is InChI=1S/C13H12F2N2O2/c1-19-3-2-17-7-10(6-16-17)11-5-13(15)12(14)4-9(11)8-18/h4-8H,2-3H2,1H3. The molecule has 0 atom stereocenters. The van der Waals surface area contributed by atoms with Crippen molar-refractivity contribution in [3.8, 4) is 11.1 Å². The molecule has 2 aromatic rings. The first-order valence-corrected chi connectivity index (χ1v) is 5.61. The Morgan fingerprint density at radius 3 is 2.79 bits per heavy atom. The lowest BCUT2D eigenvalue weighted by Gasteiger charge is -2.03. The molecule has 0 unspecified atom stereocenters. The summed E-state index contributed by atoms with van der Waals surface area (Å²) in [5, 5.41) is 4.06. The van der Waals surface area contributed by atoms with E-state index in [-0.39, 0.29) is 5.56 Å². The summed E-state index contributed by atoms with van der Waals surface area (Å²) in [6, 6.07) is 1.88. The molecule has 1 heterocycles. The maximum Gasteiger partial charge on any atom is 0.159 e. The Labute approximate surface area is 108 Å². The first-order chi connectivity index (χ1) is 9.15. The molecule has 1 aromatic heterocycles. The fourth-order valence-corrected chi connectivity index (χ4v) is 1.72. The van der Waals surface area contributed by atoms with Crippen molar-refractivity contribution in [2.24, 2.45) is 0 Å². The summed E-state index contributed by atoms with van der Waals surface area (Å²) in [4.78, 5) is 10.9. The van der Waals surface area contributed by atoms with Gasteiger partial charge in [-0.25, -0.2) is 8.78 Å². The number of halogens is 2. The average Bonchev–Trinajstić information content (AvgIpc) is 2.87. The van der Waals surface area contributed by atoms with E-state index in [1.165, 1.54) is 6.20 Å². The molecule has 19 heavy (non-hydrogen) atoms. The number of aldehydes is 1. The number of ether oxygens (including phenoxy) is 1. The van der Waals surface area contributed by atoms with Gasteiger partial charge in [0.05, 0.1) is 19.3 Å². The van der Waals surface area contributed by atoms with Crippen LogP contribution in [0.3, 0.4) is 0 Å². The zero-order chi connectivity index (χ0) is 13.8. The largest absolute Gasteiger partial charge is 0.383 e. The first kappa shape index (κ1) is 13.4. The minimum absolute atomic E-state index is 0.0881. The maximum atomic E-state index is 13.3. The molecular weight excluding hydrogens is 254 g/mol. The van der Waals surface area contributed by atoms with Crippen molar-refractivity contribution in [2.45, 2.75) is 6.54 Å². The second-order valence-electron chi connectivity index (χ2n) is 3.96. The number of methoxy groups -OCH3 is 1. The minimum atomic E-state index is -1.04. The lowest BCUT2D eigenvalue weighted by molar-refractivity contribution is 0.112. The van der Waals surface area contributed by atoms with Crippen molar-refractivity contribution in [3.63, 3.8) is 0 Å². The molecule has 0 N–H and O–H groups in total. The van der Waals surface area contributed by atoms with E-state index in [9.17, 15) is 13.6 Å². The van der Waals surface area contributed by atoms with Crippen LogP contribution >= 0.6 is 0 Å². The van der Waals surface area contributed by atoms with Crippen molar-refractivity contribution in [1.29, 1.82) is 0 Å². The molecule has 0 saturated heterocycles. The van der Waals surface area contributed by atoms with Gasteiger partial charge in [-0.2, -0.15) is 5.10 Å². The van der Waals surface area contributed by atoms with E-state index in [0.29, 0.717) is 30.6 Å². The van der Waals surface area contributed by atoms with Gasteiger partial charge >= 0.3 is 0 Å². The van der Waals surface area contributed by atoms with Gasteiger partial charge in [0.25, 0.3) is 0 Å². The van der Waals surface area contributed by atoms with E-state index in [2.05, 4.69) is 5.10 Å². The number of aromatic nitrogens is 2. The lowest BCUT2D eigenvalue weighted by Crippen LogP contribution is -2.03. The van der Waals surface area contributed by atoms with Gasteiger partial charge in [-0.3, -0.25) is 9.48 Å². The van der Waals surface area contributed by atoms with Gasteiger partial charge in [0.15, 0.2) is 17.9 Å². The molecule has 100 valence electrons. The summed E-state index contributed by atoms with van der Waals surface area (Å²) in [6.45, 7) is 1.02. The first-order valence-electron chi connectivity index (χ1n) is 5.61. The monoisotopic (exact) mass is 266 g/mol. The Balaban J connectivity index is 2.38. The van der Waals surface area contributed by atoms with Gasteiger partial charge in [-0.05, 0) is 17.7 Å². The van der Waals surface area contributed by atoms with E-state index in [1.807, 2.05) is 0 Å². The molecule has 0 aliphatic carbocycles. The number of carbonyl (C=O) groups is 1. The number of benzene rings is 1.